The molecule has 0 radical (unpaired) electrons. The minimum absolute atomic E-state index is 0.225. The van der Waals surface area contributed by atoms with Crippen molar-refractivity contribution in [3.05, 3.63) is 0 Å². The molecule has 0 aromatic carbocycles. The summed E-state index contributed by atoms with van der Waals surface area (Å²) in [6.45, 7) is 6.10. The van der Waals surface area contributed by atoms with Gasteiger partial charge >= 0.3 is 0 Å². The van der Waals surface area contributed by atoms with Crippen LogP contribution in [-0.2, 0) is 4.74 Å². The Morgan fingerprint density at radius 2 is 2.19 bits per heavy atom. The largest absolute Gasteiger partial charge is 0.388 e. The number of rotatable bonds is 2. The van der Waals surface area contributed by atoms with Crippen molar-refractivity contribution in [3.63, 3.8) is 0 Å². The maximum Gasteiger partial charge on any atom is 0.0846 e. The third kappa shape index (κ3) is 2.58. The Morgan fingerprint density at radius 3 is 2.81 bits per heavy atom. The van der Waals surface area contributed by atoms with Gasteiger partial charge in [-0.1, -0.05) is 20.3 Å². The highest BCUT2D eigenvalue weighted by Gasteiger charge is 2.42. The molecule has 0 aromatic rings. The van der Waals surface area contributed by atoms with Crippen LogP contribution in [0.15, 0.2) is 0 Å². The smallest absolute Gasteiger partial charge is 0.0846 e. The molecule has 3 heteroatoms. The third-order valence-electron chi connectivity index (χ3n) is 4.12. The molecule has 2 heterocycles. The van der Waals surface area contributed by atoms with E-state index in [4.69, 9.17) is 4.74 Å². The molecule has 2 aliphatic rings. The average molecular weight is 227 g/mol. The van der Waals surface area contributed by atoms with E-state index in [1.807, 2.05) is 0 Å². The van der Waals surface area contributed by atoms with Crippen LogP contribution in [0.3, 0.4) is 0 Å². The van der Waals surface area contributed by atoms with Gasteiger partial charge in [0.2, 0.25) is 0 Å². The molecule has 2 fully saturated rings. The zero-order valence-electron chi connectivity index (χ0n) is 10.5. The van der Waals surface area contributed by atoms with Crippen LogP contribution >= 0.6 is 0 Å². The second kappa shape index (κ2) is 5.03. The van der Waals surface area contributed by atoms with Crippen LogP contribution in [0, 0.1) is 5.92 Å². The Morgan fingerprint density at radius 1 is 1.38 bits per heavy atom. The molecule has 3 nitrogen and oxygen atoms in total. The van der Waals surface area contributed by atoms with Crippen LogP contribution in [0.5, 0.6) is 0 Å². The zero-order valence-corrected chi connectivity index (χ0v) is 10.5. The van der Waals surface area contributed by atoms with Crippen LogP contribution < -0.4 is 5.32 Å². The third-order valence-corrected chi connectivity index (χ3v) is 4.12. The molecule has 3 unspecified atom stereocenters. The number of piperidine rings is 1. The van der Waals surface area contributed by atoms with Gasteiger partial charge < -0.3 is 15.2 Å². The number of hydrogen-bond donors (Lipinski definition) is 2. The molecule has 0 bridgehead atoms. The molecule has 0 aromatic heterocycles. The van der Waals surface area contributed by atoms with Crippen molar-refractivity contribution in [2.45, 2.75) is 63.7 Å². The number of hydrogen-bond acceptors (Lipinski definition) is 3. The first-order valence-electron chi connectivity index (χ1n) is 6.69. The van der Waals surface area contributed by atoms with Crippen LogP contribution in [0.4, 0.5) is 0 Å². The van der Waals surface area contributed by atoms with Crippen molar-refractivity contribution in [1.82, 2.24) is 5.32 Å². The minimum atomic E-state index is -0.534. The van der Waals surface area contributed by atoms with E-state index in [1.165, 1.54) is 12.8 Å². The lowest BCUT2D eigenvalue weighted by molar-refractivity contribution is -0.134. The van der Waals surface area contributed by atoms with Gasteiger partial charge in [0.25, 0.3) is 0 Å². The van der Waals surface area contributed by atoms with Crippen LogP contribution in [0.2, 0.25) is 0 Å². The van der Waals surface area contributed by atoms with Crippen molar-refractivity contribution >= 4 is 0 Å². The molecule has 2 rings (SSSR count). The lowest BCUT2D eigenvalue weighted by Gasteiger charge is -2.45. The van der Waals surface area contributed by atoms with Crippen molar-refractivity contribution < 1.29 is 9.84 Å². The van der Waals surface area contributed by atoms with Gasteiger partial charge in [-0.05, 0) is 25.3 Å². The van der Waals surface area contributed by atoms with Crippen molar-refractivity contribution in [3.8, 4) is 0 Å². The second-order valence-corrected chi connectivity index (χ2v) is 5.71. The average Bonchev–Trinajstić information content (AvgIpc) is 2.30. The van der Waals surface area contributed by atoms with Crippen molar-refractivity contribution in [2.75, 3.05) is 13.2 Å². The molecule has 0 saturated carbocycles. The maximum atomic E-state index is 10.8. The second-order valence-electron chi connectivity index (χ2n) is 5.71. The number of ether oxygens (including phenoxy) is 1. The molecule has 0 aliphatic carbocycles. The first-order valence-corrected chi connectivity index (χ1v) is 6.69. The van der Waals surface area contributed by atoms with E-state index in [-0.39, 0.29) is 12.1 Å². The van der Waals surface area contributed by atoms with E-state index in [9.17, 15) is 5.11 Å². The first-order chi connectivity index (χ1) is 7.62. The summed E-state index contributed by atoms with van der Waals surface area (Å²) in [5, 5.41) is 14.3. The Kier molecular flexibility index (Phi) is 3.88. The fraction of sp³-hybridized carbons (Fsp3) is 1.00. The van der Waals surface area contributed by atoms with Crippen molar-refractivity contribution in [1.29, 1.82) is 0 Å². The fourth-order valence-electron chi connectivity index (χ4n) is 2.95. The highest BCUT2D eigenvalue weighted by Crippen LogP contribution is 2.33. The van der Waals surface area contributed by atoms with E-state index < -0.39 is 5.60 Å². The quantitative estimate of drug-likeness (QED) is 0.754. The summed E-state index contributed by atoms with van der Waals surface area (Å²) in [5.41, 5.74) is -0.534. The number of aliphatic hydroxyl groups is 1. The molecule has 2 aliphatic heterocycles. The van der Waals surface area contributed by atoms with Crippen molar-refractivity contribution in [2.24, 2.45) is 5.92 Å². The molecule has 3 atom stereocenters. The summed E-state index contributed by atoms with van der Waals surface area (Å²) >= 11 is 0. The molecule has 0 spiro atoms. The predicted octanol–water partition coefficient (Wildman–Crippen LogP) is 1.69. The van der Waals surface area contributed by atoms with E-state index in [2.05, 4.69) is 19.2 Å². The van der Waals surface area contributed by atoms with Gasteiger partial charge in [-0.25, -0.2) is 0 Å². The van der Waals surface area contributed by atoms with Crippen LogP contribution in [-0.4, -0.2) is 36.0 Å². The Hall–Kier alpha value is -0.120. The summed E-state index contributed by atoms with van der Waals surface area (Å²) in [5.74, 6) is 0.496. The molecule has 2 saturated heterocycles. The van der Waals surface area contributed by atoms with Gasteiger partial charge in [0, 0.05) is 25.5 Å². The number of nitrogens with one attached hydrogen (secondary N) is 1. The monoisotopic (exact) mass is 227 g/mol. The summed E-state index contributed by atoms with van der Waals surface area (Å²) in [6.07, 6.45) is 5.41. The molecular weight excluding hydrogens is 202 g/mol. The molecule has 0 amide bonds. The molecule has 94 valence electrons. The lowest BCUT2D eigenvalue weighted by atomic mass is 9.78. The summed E-state index contributed by atoms with van der Waals surface area (Å²) in [6, 6.07) is 0.284. The molecule has 16 heavy (non-hydrogen) atoms. The highest BCUT2D eigenvalue weighted by atomic mass is 16.5. The van der Waals surface area contributed by atoms with E-state index in [0.29, 0.717) is 12.5 Å². The summed E-state index contributed by atoms with van der Waals surface area (Å²) < 4.78 is 5.74. The normalized spacial score (nSPS) is 41.2. The Labute approximate surface area is 98.6 Å². The topological polar surface area (TPSA) is 41.5 Å². The lowest BCUT2D eigenvalue weighted by Crippen LogP contribution is -2.57. The maximum absolute atomic E-state index is 10.8. The van der Waals surface area contributed by atoms with Crippen LogP contribution in [0.25, 0.3) is 0 Å². The molecular formula is C13H25NO2. The highest BCUT2D eigenvalue weighted by molar-refractivity contribution is 4.97. The Bertz CT molecular complexity index is 226. The van der Waals surface area contributed by atoms with Gasteiger partial charge in [0.05, 0.1) is 11.7 Å². The summed E-state index contributed by atoms with van der Waals surface area (Å²) in [7, 11) is 0. The van der Waals surface area contributed by atoms with Gasteiger partial charge in [-0.3, -0.25) is 0 Å². The first kappa shape index (κ1) is 12.3. The van der Waals surface area contributed by atoms with E-state index >= 15 is 0 Å². The van der Waals surface area contributed by atoms with Crippen LogP contribution in [0.1, 0.15) is 46.0 Å². The molecule has 2 N–H and O–H groups in total. The predicted molar refractivity (Wildman–Crippen MR) is 64.4 cm³/mol. The van der Waals surface area contributed by atoms with E-state index in [1.54, 1.807) is 0 Å². The van der Waals surface area contributed by atoms with Gasteiger partial charge in [-0.15, -0.1) is 0 Å². The standard InChI is InChI=1S/C13H25NO2/c1-10(2)11-9-13(15,6-8-16-11)12-5-3-4-7-14-12/h10-12,14-15H,3-9H2,1-2H3. The summed E-state index contributed by atoms with van der Waals surface area (Å²) in [4.78, 5) is 0. The fourth-order valence-corrected chi connectivity index (χ4v) is 2.95. The minimum Gasteiger partial charge on any atom is -0.388 e. The van der Waals surface area contributed by atoms with E-state index in [0.717, 1.165) is 25.8 Å². The Balaban J connectivity index is 1.99. The zero-order chi connectivity index (χ0) is 11.6. The van der Waals surface area contributed by atoms with Gasteiger partial charge in [0.15, 0.2) is 0 Å². The van der Waals surface area contributed by atoms with Gasteiger partial charge in [-0.2, -0.15) is 0 Å². The van der Waals surface area contributed by atoms with Gasteiger partial charge in [0.1, 0.15) is 0 Å². The SMILES string of the molecule is CC(C)C1CC(O)(C2CCCCN2)CCO1.